The van der Waals surface area contributed by atoms with Crippen molar-refractivity contribution in [2.45, 2.75) is 0 Å². The third kappa shape index (κ3) is 2.45. The lowest BCUT2D eigenvalue weighted by Gasteiger charge is -2.04. The van der Waals surface area contributed by atoms with Crippen LogP contribution < -0.4 is 5.73 Å². The Morgan fingerprint density at radius 2 is 2.06 bits per heavy atom. The van der Waals surface area contributed by atoms with Gasteiger partial charge in [0.15, 0.2) is 5.57 Å². The summed E-state index contributed by atoms with van der Waals surface area (Å²) in [5.41, 5.74) is 4.49. The Labute approximate surface area is 101 Å². The maximum absolute atomic E-state index is 10.8. The lowest BCUT2D eigenvalue weighted by Crippen LogP contribution is -2.14. The summed E-state index contributed by atoms with van der Waals surface area (Å²) in [7, 11) is 0. The maximum atomic E-state index is 10.8. The monoisotopic (exact) mass is 256 g/mol. The van der Waals surface area contributed by atoms with E-state index < -0.39 is 17.2 Å². The molecule has 0 saturated heterocycles. The number of amides is 1. The molecule has 16 heavy (non-hydrogen) atoms. The van der Waals surface area contributed by atoms with Gasteiger partial charge >= 0.3 is 0 Å². The fourth-order valence-electron chi connectivity index (χ4n) is 1.04. The molecule has 0 aromatic heterocycles. The van der Waals surface area contributed by atoms with E-state index in [4.69, 9.17) is 34.2 Å². The molecule has 0 fully saturated rings. The molecule has 4 nitrogen and oxygen atoms in total. The first-order valence-electron chi connectivity index (χ1n) is 4.06. The van der Waals surface area contributed by atoms with Crippen molar-refractivity contribution >= 4 is 34.9 Å². The number of hydrogen-bond acceptors (Lipinski definition) is 3. The minimum atomic E-state index is -1.02. The maximum Gasteiger partial charge on any atom is 0.263 e. The van der Waals surface area contributed by atoms with Crippen molar-refractivity contribution in [3.05, 3.63) is 39.4 Å². The largest absolute Gasteiger partial charge is 0.506 e. The number of halogens is 2. The molecule has 0 atom stereocenters. The molecule has 0 heterocycles. The summed E-state index contributed by atoms with van der Waals surface area (Å²) in [4.78, 5) is 10.8. The number of aliphatic hydroxyl groups is 1. The van der Waals surface area contributed by atoms with Crippen LogP contribution in [0.5, 0.6) is 0 Å². The van der Waals surface area contributed by atoms with Crippen LogP contribution >= 0.6 is 23.2 Å². The van der Waals surface area contributed by atoms with E-state index >= 15 is 0 Å². The lowest BCUT2D eigenvalue weighted by atomic mass is 10.1. The quantitative estimate of drug-likeness (QED) is 0.484. The van der Waals surface area contributed by atoms with Gasteiger partial charge in [0.25, 0.3) is 5.91 Å². The second kappa shape index (κ2) is 4.88. The third-order valence-corrected chi connectivity index (χ3v) is 2.33. The van der Waals surface area contributed by atoms with Gasteiger partial charge in [-0.25, -0.2) is 0 Å². The van der Waals surface area contributed by atoms with E-state index in [2.05, 4.69) is 0 Å². The Balaban J connectivity index is 3.40. The summed E-state index contributed by atoms with van der Waals surface area (Å²) in [6.07, 6.45) is 0. The highest BCUT2D eigenvalue weighted by atomic mass is 35.5. The fraction of sp³-hybridized carbons (Fsp3) is 0. The van der Waals surface area contributed by atoms with E-state index in [0.717, 1.165) is 0 Å². The number of rotatable bonds is 2. The minimum absolute atomic E-state index is 0.124. The number of primary amides is 1. The van der Waals surface area contributed by atoms with E-state index in [0.29, 0.717) is 5.02 Å². The Morgan fingerprint density at radius 1 is 1.44 bits per heavy atom. The number of carbonyl (C=O) groups excluding carboxylic acids is 1. The average molecular weight is 257 g/mol. The van der Waals surface area contributed by atoms with Crippen LogP contribution in [-0.2, 0) is 4.79 Å². The first-order valence-corrected chi connectivity index (χ1v) is 4.81. The second-order valence-corrected chi connectivity index (χ2v) is 3.67. The van der Waals surface area contributed by atoms with E-state index in [9.17, 15) is 9.90 Å². The van der Waals surface area contributed by atoms with Gasteiger partial charge in [-0.3, -0.25) is 4.79 Å². The highest BCUT2D eigenvalue weighted by Crippen LogP contribution is 2.27. The molecule has 1 aromatic rings. The number of hydrogen-bond donors (Lipinski definition) is 2. The summed E-state index contributed by atoms with van der Waals surface area (Å²) in [6, 6.07) is 5.74. The van der Waals surface area contributed by atoms with Crippen molar-refractivity contribution < 1.29 is 9.90 Å². The Morgan fingerprint density at radius 3 is 2.50 bits per heavy atom. The summed E-state index contributed by atoms with van der Waals surface area (Å²) in [5.74, 6) is -1.58. The van der Waals surface area contributed by atoms with Crippen molar-refractivity contribution in [1.29, 1.82) is 5.26 Å². The van der Waals surface area contributed by atoms with Gasteiger partial charge in [0, 0.05) is 10.6 Å². The highest BCUT2D eigenvalue weighted by Gasteiger charge is 2.15. The summed E-state index contributed by atoms with van der Waals surface area (Å²) in [6.45, 7) is 0. The van der Waals surface area contributed by atoms with Crippen LogP contribution in [0.1, 0.15) is 5.56 Å². The molecule has 3 N–H and O–H groups in total. The van der Waals surface area contributed by atoms with Crippen molar-refractivity contribution in [2.24, 2.45) is 5.73 Å². The molecule has 82 valence electrons. The predicted molar refractivity (Wildman–Crippen MR) is 60.8 cm³/mol. The van der Waals surface area contributed by atoms with E-state index in [1.165, 1.54) is 24.3 Å². The molecular formula is C10H6Cl2N2O2. The smallest absolute Gasteiger partial charge is 0.263 e. The van der Waals surface area contributed by atoms with Crippen LogP contribution in [0, 0.1) is 11.3 Å². The van der Waals surface area contributed by atoms with Crippen LogP contribution in [-0.4, -0.2) is 11.0 Å². The molecule has 0 aliphatic rings. The molecule has 1 rings (SSSR count). The molecule has 0 radical (unpaired) electrons. The van der Waals surface area contributed by atoms with Crippen molar-refractivity contribution in [3.8, 4) is 6.07 Å². The number of nitrogens with zero attached hydrogens (tertiary/aromatic N) is 1. The number of aliphatic hydroxyl groups excluding tert-OH is 1. The molecule has 0 saturated carbocycles. The Bertz CT molecular complexity index is 518. The molecule has 0 aliphatic heterocycles. The molecular weight excluding hydrogens is 251 g/mol. The predicted octanol–water partition coefficient (Wildman–Crippen LogP) is 2.27. The van der Waals surface area contributed by atoms with E-state index in [1.807, 2.05) is 0 Å². The van der Waals surface area contributed by atoms with Gasteiger partial charge in [-0.1, -0.05) is 23.2 Å². The van der Waals surface area contributed by atoms with E-state index in [-0.39, 0.29) is 10.6 Å². The third-order valence-electron chi connectivity index (χ3n) is 1.78. The molecule has 0 unspecified atom stereocenters. The van der Waals surface area contributed by atoms with Gasteiger partial charge in [-0.2, -0.15) is 5.26 Å². The average Bonchev–Trinajstić information content (AvgIpc) is 2.17. The molecule has 1 amide bonds. The first kappa shape index (κ1) is 12.4. The van der Waals surface area contributed by atoms with Crippen LogP contribution in [0.3, 0.4) is 0 Å². The van der Waals surface area contributed by atoms with Gasteiger partial charge < -0.3 is 10.8 Å². The number of nitriles is 1. The fourth-order valence-corrected chi connectivity index (χ4v) is 1.54. The molecule has 0 bridgehead atoms. The second-order valence-electron chi connectivity index (χ2n) is 2.82. The van der Waals surface area contributed by atoms with Gasteiger partial charge in [0.1, 0.15) is 11.8 Å². The van der Waals surface area contributed by atoms with Crippen LogP contribution in [0.25, 0.3) is 5.76 Å². The standard InChI is InChI=1S/C10H6Cl2N2O2/c11-5-1-2-6(8(12)3-5)9(15)7(4-13)10(14)16/h1-3,15H,(H2,14,16). The molecule has 0 spiro atoms. The zero-order chi connectivity index (χ0) is 12.3. The summed E-state index contributed by atoms with van der Waals surface area (Å²) in [5, 5.41) is 18.8. The molecule has 6 heteroatoms. The van der Waals surface area contributed by atoms with Gasteiger partial charge in [-0.15, -0.1) is 0 Å². The number of nitrogens with two attached hydrogens (primary N) is 1. The Hall–Kier alpha value is -1.70. The normalized spacial score (nSPS) is 11.6. The highest BCUT2D eigenvalue weighted by molar-refractivity contribution is 6.35. The lowest BCUT2D eigenvalue weighted by molar-refractivity contribution is -0.114. The van der Waals surface area contributed by atoms with Gasteiger partial charge in [0.2, 0.25) is 0 Å². The van der Waals surface area contributed by atoms with Crippen LogP contribution in [0.4, 0.5) is 0 Å². The van der Waals surface area contributed by atoms with Crippen LogP contribution in [0.15, 0.2) is 23.8 Å². The summed E-state index contributed by atoms with van der Waals surface area (Å²) < 4.78 is 0. The topological polar surface area (TPSA) is 87.1 Å². The number of carbonyl (C=O) groups is 1. The molecule has 1 aromatic carbocycles. The first-order chi connectivity index (χ1) is 7.47. The zero-order valence-electron chi connectivity index (χ0n) is 7.87. The number of benzene rings is 1. The summed E-state index contributed by atoms with van der Waals surface area (Å²) >= 11 is 11.4. The van der Waals surface area contributed by atoms with Crippen molar-refractivity contribution in [3.63, 3.8) is 0 Å². The van der Waals surface area contributed by atoms with Crippen LogP contribution in [0.2, 0.25) is 10.0 Å². The minimum Gasteiger partial charge on any atom is -0.506 e. The van der Waals surface area contributed by atoms with Gasteiger partial charge in [0.05, 0.1) is 5.02 Å². The SMILES string of the molecule is N#CC(C(N)=O)=C(O)c1ccc(Cl)cc1Cl. The van der Waals surface area contributed by atoms with Gasteiger partial charge in [-0.05, 0) is 18.2 Å². The zero-order valence-corrected chi connectivity index (χ0v) is 9.38. The van der Waals surface area contributed by atoms with Crippen molar-refractivity contribution in [1.82, 2.24) is 0 Å². The van der Waals surface area contributed by atoms with E-state index in [1.54, 1.807) is 0 Å². The van der Waals surface area contributed by atoms with Crippen molar-refractivity contribution in [2.75, 3.05) is 0 Å². The Kier molecular flexibility index (Phi) is 3.78. The molecule has 0 aliphatic carbocycles.